The quantitative estimate of drug-likeness (QED) is 0.586. The second-order valence-corrected chi connectivity index (χ2v) is 3.00. The van der Waals surface area contributed by atoms with Crippen LogP contribution in [0, 0.1) is 11.3 Å². The van der Waals surface area contributed by atoms with Gasteiger partial charge in [0.25, 0.3) is 0 Å². The summed E-state index contributed by atoms with van der Waals surface area (Å²) in [4.78, 5) is 21.3. The highest BCUT2D eigenvalue weighted by Crippen LogP contribution is 2.52. The molecule has 0 spiro atoms. The summed E-state index contributed by atoms with van der Waals surface area (Å²) in [6.45, 7) is 1.61. The Bertz CT molecular complexity index is 210. The minimum Gasteiger partial charge on any atom is -0.481 e. The minimum atomic E-state index is -0.919. The van der Waals surface area contributed by atoms with Crippen molar-refractivity contribution in [3.8, 4) is 0 Å². The van der Waals surface area contributed by atoms with Gasteiger partial charge in [0.2, 0.25) is 0 Å². The topological polar surface area (TPSA) is 63.6 Å². The van der Waals surface area contributed by atoms with E-state index in [4.69, 9.17) is 5.11 Å². The predicted octanol–water partition coefficient (Wildman–Crippen LogP) is 0.270. The summed E-state index contributed by atoms with van der Waals surface area (Å²) in [6.07, 6.45) is 0.398. The second kappa shape index (κ2) is 2.22. The van der Waals surface area contributed by atoms with Crippen LogP contribution in [0.2, 0.25) is 0 Å². The maximum atomic E-state index is 10.9. The minimum absolute atomic E-state index is 0.398. The number of esters is 1. The number of hydrogen-bond acceptors (Lipinski definition) is 3. The Morgan fingerprint density at radius 1 is 1.64 bits per heavy atom. The zero-order valence-corrected chi connectivity index (χ0v) is 6.46. The fraction of sp³-hybridized carbons (Fsp3) is 0.714. The molecule has 0 bridgehead atoms. The Morgan fingerprint density at radius 3 is 2.45 bits per heavy atom. The lowest BCUT2D eigenvalue weighted by molar-refractivity contribution is -0.150. The van der Waals surface area contributed by atoms with E-state index in [0.29, 0.717) is 6.42 Å². The molecular formula is C7H10O4. The van der Waals surface area contributed by atoms with Crippen molar-refractivity contribution in [2.45, 2.75) is 13.3 Å². The van der Waals surface area contributed by atoms with E-state index in [9.17, 15) is 9.59 Å². The van der Waals surface area contributed by atoms with E-state index in [1.807, 2.05) is 0 Å². The lowest BCUT2D eigenvalue weighted by Gasteiger charge is -2.04. The summed E-state index contributed by atoms with van der Waals surface area (Å²) in [7, 11) is 1.27. The van der Waals surface area contributed by atoms with Gasteiger partial charge in [-0.1, -0.05) is 0 Å². The van der Waals surface area contributed by atoms with Crippen LogP contribution in [0.15, 0.2) is 0 Å². The van der Waals surface area contributed by atoms with Gasteiger partial charge in [-0.3, -0.25) is 9.59 Å². The number of carboxylic acids is 1. The van der Waals surface area contributed by atoms with Crippen molar-refractivity contribution in [2.24, 2.45) is 11.3 Å². The highest BCUT2D eigenvalue weighted by molar-refractivity contribution is 5.89. The summed E-state index contributed by atoms with van der Waals surface area (Å²) in [5.74, 6) is -1.89. The van der Waals surface area contributed by atoms with Crippen LogP contribution >= 0.6 is 0 Å². The first-order valence-electron chi connectivity index (χ1n) is 3.33. The van der Waals surface area contributed by atoms with E-state index in [1.54, 1.807) is 6.92 Å². The molecule has 0 aliphatic heterocycles. The Hall–Kier alpha value is -1.06. The zero-order chi connectivity index (χ0) is 8.65. The molecule has 0 aromatic carbocycles. The van der Waals surface area contributed by atoms with Crippen LogP contribution in [0.3, 0.4) is 0 Å². The van der Waals surface area contributed by atoms with Gasteiger partial charge >= 0.3 is 11.9 Å². The SMILES string of the molecule is COC(=O)[C@]1(C)C[C@H]1C(=O)O. The van der Waals surface area contributed by atoms with Crippen molar-refractivity contribution >= 4 is 11.9 Å². The number of carbonyl (C=O) groups is 2. The molecule has 4 nitrogen and oxygen atoms in total. The van der Waals surface area contributed by atoms with Crippen LogP contribution < -0.4 is 0 Å². The fourth-order valence-corrected chi connectivity index (χ4v) is 1.18. The van der Waals surface area contributed by atoms with Crippen LogP contribution in [-0.2, 0) is 14.3 Å². The average Bonchev–Trinajstić information content (AvgIpc) is 2.62. The summed E-state index contributed by atoms with van der Waals surface area (Å²) < 4.78 is 4.46. The van der Waals surface area contributed by atoms with Gasteiger partial charge < -0.3 is 9.84 Å². The number of aliphatic carboxylic acids is 1. The fourth-order valence-electron chi connectivity index (χ4n) is 1.18. The van der Waals surface area contributed by atoms with Gasteiger partial charge in [-0.25, -0.2) is 0 Å². The van der Waals surface area contributed by atoms with E-state index in [0.717, 1.165) is 0 Å². The molecule has 4 heteroatoms. The van der Waals surface area contributed by atoms with Crippen molar-refractivity contribution in [2.75, 3.05) is 7.11 Å². The smallest absolute Gasteiger partial charge is 0.312 e. The normalized spacial score (nSPS) is 34.5. The van der Waals surface area contributed by atoms with Crippen LogP contribution in [-0.4, -0.2) is 24.2 Å². The maximum Gasteiger partial charge on any atom is 0.312 e. The van der Waals surface area contributed by atoms with Gasteiger partial charge in [-0.05, 0) is 13.3 Å². The third-order valence-corrected chi connectivity index (χ3v) is 2.19. The summed E-state index contributed by atoms with van der Waals surface area (Å²) in [5.41, 5.74) is -0.763. The lowest BCUT2D eigenvalue weighted by Crippen LogP contribution is -2.19. The van der Waals surface area contributed by atoms with E-state index < -0.39 is 23.3 Å². The number of hydrogen-bond donors (Lipinski definition) is 1. The predicted molar refractivity (Wildman–Crippen MR) is 35.9 cm³/mol. The molecule has 1 aliphatic carbocycles. The van der Waals surface area contributed by atoms with E-state index in [1.165, 1.54) is 7.11 Å². The maximum absolute atomic E-state index is 10.9. The molecule has 0 aromatic rings. The molecule has 0 radical (unpaired) electrons. The highest BCUT2D eigenvalue weighted by Gasteiger charge is 2.61. The van der Waals surface area contributed by atoms with Crippen molar-refractivity contribution in [3.63, 3.8) is 0 Å². The van der Waals surface area contributed by atoms with Crippen LogP contribution in [0.1, 0.15) is 13.3 Å². The second-order valence-electron chi connectivity index (χ2n) is 3.00. The van der Waals surface area contributed by atoms with Crippen molar-refractivity contribution in [1.82, 2.24) is 0 Å². The Labute approximate surface area is 64.2 Å². The zero-order valence-electron chi connectivity index (χ0n) is 6.46. The Balaban J connectivity index is 2.62. The third kappa shape index (κ3) is 1.08. The molecule has 1 saturated carbocycles. The first-order chi connectivity index (χ1) is 5.02. The van der Waals surface area contributed by atoms with E-state index >= 15 is 0 Å². The van der Waals surface area contributed by atoms with Gasteiger partial charge in [0, 0.05) is 0 Å². The molecular weight excluding hydrogens is 148 g/mol. The van der Waals surface area contributed by atoms with Gasteiger partial charge in [-0.2, -0.15) is 0 Å². The van der Waals surface area contributed by atoms with Gasteiger partial charge in [0.05, 0.1) is 18.4 Å². The third-order valence-electron chi connectivity index (χ3n) is 2.19. The first-order valence-corrected chi connectivity index (χ1v) is 3.33. The molecule has 1 aliphatic rings. The molecule has 0 unspecified atom stereocenters. The molecule has 2 atom stereocenters. The number of carbonyl (C=O) groups excluding carboxylic acids is 1. The number of methoxy groups -OCH3 is 1. The van der Waals surface area contributed by atoms with E-state index in [2.05, 4.69) is 4.74 Å². The molecule has 0 amide bonds. The van der Waals surface area contributed by atoms with Crippen molar-refractivity contribution in [1.29, 1.82) is 0 Å². The molecule has 1 N–H and O–H groups in total. The van der Waals surface area contributed by atoms with Crippen molar-refractivity contribution < 1.29 is 19.4 Å². The molecule has 62 valence electrons. The van der Waals surface area contributed by atoms with E-state index in [-0.39, 0.29) is 0 Å². The molecule has 0 aromatic heterocycles. The van der Waals surface area contributed by atoms with Gasteiger partial charge in [-0.15, -0.1) is 0 Å². The number of ether oxygens (including phenoxy) is 1. The largest absolute Gasteiger partial charge is 0.481 e. The first kappa shape index (κ1) is 8.04. The number of carboxylic acid groups (broad SMARTS) is 1. The molecule has 0 saturated heterocycles. The lowest BCUT2D eigenvalue weighted by atomic mass is 10.1. The van der Waals surface area contributed by atoms with Crippen LogP contribution in [0.25, 0.3) is 0 Å². The molecule has 1 rings (SSSR count). The van der Waals surface area contributed by atoms with Crippen LogP contribution in [0.5, 0.6) is 0 Å². The van der Waals surface area contributed by atoms with Gasteiger partial charge in [0.15, 0.2) is 0 Å². The summed E-state index contributed by atoms with van der Waals surface area (Å²) in [5, 5.41) is 8.53. The average molecular weight is 158 g/mol. The summed E-state index contributed by atoms with van der Waals surface area (Å²) in [6, 6.07) is 0. The van der Waals surface area contributed by atoms with Crippen molar-refractivity contribution in [3.05, 3.63) is 0 Å². The number of rotatable bonds is 2. The molecule has 1 fully saturated rings. The standard InChI is InChI=1S/C7H10O4/c1-7(6(10)11-2)3-4(7)5(8)9/h4H,3H2,1-2H3,(H,8,9)/t4-,7+/m0/s1. The molecule has 11 heavy (non-hydrogen) atoms. The highest BCUT2D eigenvalue weighted by atomic mass is 16.5. The monoisotopic (exact) mass is 158 g/mol. The Kier molecular flexibility index (Phi) is 1.62. The molecule has 0 heterocycles. The summed E-state index contributed by atoms with van der Waals surface area (Å²) >= 11 is 0. The van der Waals surface area contributed by atoms with Crippen LogP contribution in [0.4, 0.5) is 0 Å². The van der Waals surface area contributed by atoms with Gasteiger partial charge in [0.1, 0.15) is 0 Å². The Morgan fingerprint density at radius 2 is 2.18 bits per heavy atom.